The number of benzene rings is 1. The van der Waals surface area contributed by atoms with E-state index in [1.165, 1.54) is 6.42 Å². The van der Waals surface area contributed by atoms with E-state index in [4.69, 9.17) is 5.73 Å². The van der Waals surface area contributed by atoms with Crippen LogP contribution in [-0.4, -0.2) is 14.5 Å². The highest BCUT2D eigenvalue weighted by atomic mass is 32.2. The third-order valence-corrected chi connectivity index (χ3v) is 6.30. The summed E-state index contributed by atoms with van der Waals surface area (Å²) in [5, 5.41) is 0. The van der Waals surface area contributed by atoms with Gasteiger partial charge in [0.05, 0.1) is 4.90 Å². The van der Waals surface area contributed by atoms with Crippen LogP contribution >= 0.6 is 0 Å². The van der Waals surface area contributed by atoms with Crippen LogP contribution < -0.4 is 10.5 Å². The van der Waals surface area contributed by atoms with Crippen molar-refractivity contribution in [2.75, 3.05) is 5.73 Å². The van der Waals surface area contributed by atoms with Gasteiger partial charge < -0.3 is 5.73 Å². The minimum Gasteiger partial charge on any atom is -0.398 e. The maximum absolute atomic E-state index is 12.7. The molecule has 2 unspecified atom stereocenters. The van der Waals surface area contributed by atoms with Gasteiger partial charge in [-0.15, -0.1) is 0 Å². The molecule has 21 heavy (non-hydrogen) atoms. The van der Waals surface area contributed by atoms with Crippen LogP contribution in [0.4, 0.5) is 5.69 Å². The molecule has 0 aromatic heterocycles. The van der Waals surface area contributed by atoms with Gasteiger partial charge in [0, 0.05) is 11.7 Å². The average molecular weight is 310 g/mol. The molecule has 0 bridgehead atoms. The van der Waals surface area contributed by atoms with Crippen molar-refractivity contribution in [3.05, 3.63) is 23.3 Å². The van der Waals surface area contributed by atoms with E-state index in [0.717, 1.165) is 31.2 Å². The summed E-state index contributed by atoms with van der Waals surface area (Å²) in [7, 11) is -3.51. The van der Waals surface area contributed by atoms with E-state index in [9.17, 15) is 8.42 Å². The molecule has 3 N–H and O–H groups in total. The standard InChI is InChI=1S/C16H26N2O2S/c1-11-5-4-6-14(9-7-11)18-21(19,20)16-12(2)8-10-15(17)13(16)3/h8,10-11,14,18H,4-7,9,17H2,1-3H3. The van der Waals surface area contributed by atoms with Crippen molar-refractivity contribution in [1.29, 1.82) is 0 Å². The number of nitrogens with two attached hydrogens (primary N) is 1. The average Bonchev–Trinajstić information content (AvgIpc) is 2.59. The number of nitrogens with one attached hydrogen (secondary N) is 1. The molecule has 2 rings (SSSR count). The lowest BCUT2D eigenvalue weighted by molar-refractivity contribution is 0.484. The molecule has 0 aliphatic heterocycles. The normalized spacial score (nSPS) is 23.8. The molecule has 1 aromatic rings. The molecule has 0 saturated heterocycles. The Hall–Kier alpha value is -1.07. The van der Waals surface area contributed by atoms with Crippen molar-refractivity contribution >= 4 is 15.7 Å². The molecule has 1 aliphatic rings. The van der Waals surface area contributed by atoms with Gasteiger partial charge >= 0.3 is 0 Å². The summed E-state index contributed by atoms with van der Waals surface area (Å²) < 4.78 is 28.3. The predicted octanol–water partition coefficient (Wildman–Crippen LogP) is 3.13. The minimum absolute atomic E-state index is 0.0418. The van der Waals surface area contributed by atoms with Gasteiger partial charge in [0.2, 0.25) is 10.0 Å². The van der Waals surface area contributed by atoms with E-state index in [-0.39, 0.29) is 6.04 Å². The van der Waals surface area contributed by atoms with Crippen LogP contribution in [0.3, 0.4) is 0 Å². The van der Waals surface area contributed by atoms with Gasteiger partial charge in [0.15, 0.2) is 0 Å². The third kappa shape index (κ3) is 3.77. The maximum atomic E-state index is 12.7. The molecule has 0 spiro atoms. The van der Waals surface area contributed by atoms with Gasteiger partial charge in [-0.05, 0) is 56.2 Å². The fourth-order valence-corrected chi connectivity index (χ4v) is 4.94. The van der Waals surface area contributed by atoms with Crippen LogP contribution in [-0.2, 0) is 10.0 Å². The van der Waals surface area contributed by atoms with Gasteiger partial charge in [-0.2, -0.15) is 0 Å². The zero-order chi connectivity index (χ0) is 15.6. The molecule has 4 nitrogen and oxygen atoms in total. The second-order valence-electron chi connectivity index (χ2n) is 6.36. The van der Waals surface area contributed by atoms with Crippen LogP contribution in [0.5, 0.6) is 0 Å². The number of rotatable bonds is 3. The van der Waals surface area contributed by atoms with Crippen molar-refractivity contribution in [2.24, 2.45) is 5.92 Å². The Kier molecular flexibility index (Phi) is 4.94. The van der Waals surface area contributed by atoms with Crippen molar-refractivity contribution in [2.45, 2.75) is 63.8 Å². The summed E-state index contributed by atoms with van der Waals surface area (Å²) in [6, 6.07) is 3.57. The Labute approximate surface area is 128 Å². The minimum atomic E-state index is -3.51. The van der Waals surface area contributed by atoms with Crippen LogP contribution in [0, 0.1) is 19.8 Å². The molecule has 0 amide bonds. The molecule has 1 aromatic carbocycles. The first kappa shape index (κ1) is 16.3. The predicted molar refractivity (Wildman–Crippen MR) is 86.7 cm³/mol. The lowest BCUT2D eigenvalue weighted by Gasteiger charge is -2.19. The first-order valence-electron chi connectivity index (χ1n) is 7.69. The van der Waals surface area contributed by atoms with Crippen molar-refractivity contribution < 1.29 is 8.42 Å². The summed E-state index contributed by atoms with van der Waals surface area (Å²) in [6.45, 7) is 5.82. The second kappa shape index (κ2) is 6.36. The van der Waals surface area contributed by atoms with E-state index < -0.39 is 10.0 Å². The largest absolute Gasteiger partial charge is 0.398 e. The molecule has 2 atom stereocenters. The number of hydrogen-bond donors (Lipinski definition) is 2. The fourth-order valence-electron chi connectivity index (χ4n) is 3.14. The number of nitrogen functional groups attached to an aromatic ring is 1. The zero-order valence-electron chi connectivity index (χ0n) is 13.1. The van der Waals surface area contributed by atoms with E-state index in [2.05, 4.69) is 11.6 Å². The smallest absolute Gasteiger partial charge is 0.241 e. The van der Waals surface area contributed by atoms with Crippen LogP contribution in [0.2, 0.25) is 0 Å². The summed E-state index contributed by atoms with van der Waals surface area (Å²) in [5.41, 5.74) is 7.78. The van der Waals surface area contributed by atoms with Gasteiger partial charge in [0.25, 0.3) is 0 Å². The third-order valence-electron chi connectivity index (χ3n) is 4.49. The van der Waals surface area contributed by atoms with Gasteiger partial charge in [-0.25, -0.2) is 13.1 Å². The monoisotopic (exact) mass is 310 g/mol. The number of hydrogen-bond acceptors (Lipinski definition) is 3. The zero-order valence-corrected chi connectivity index (χ0v) is 14.0. The summed E-state index contributed by atoms with van der Waals surface area (Å²) >= 11 is 0. The molecule has 1 aliphatic carbocycles. The SMILES string of the molecule is Cc1ccc(N)c(C)c1S(=O)(=O)NC1CCCC(C)CC1. The quantitative estimate of drug-likeness (QED) is 0.665. The van der Waals surface area contributed by atoms with Gasteiger partial charge in [-0.1, -0.05) is 25.8 Å². The van der Waals surface area contributed by atoms with E-state index in [0.29, 0.717) is 22.1 Å². The topological polar surface area (TPSA) is 72.2 Å². The second-order valence-corrected chi connectivity index (χ2v) is 8.01. The van der Waals surface area contributed by atoms with Crippen molar-refractivity contribution in [1.82, 2.24) is 4.72 Å². The Bertz CT molecular complexity index is 611. The Morgan fingerprint density at radius 3 is 2.57 bits per heavy atom. The van der Waals surface area contributed by atoms with Gasteiger partial charge in [-0.3, -0.25) is 0 Å². The number of sulfonamides is 1. The van der Waals surface area contributed by atoms with Crippen molar-refractivity contribution in [3.63, 3.8) is 0 Å². The number of aryl methyl sites for hydroxylation is 1. The Balaban J connectivity index is 2.25. The highest BCUT2D eigenvalue weighted by Crippen LogP contribution is 2.27. The lowest BCUT2D eigenvalue weighted by atomic mass is 10.0. The molecular weight excluding hydrogens is 284 g/mol. The highest BCUT2D eigenvalue weighted by molar-refractivity contribution is 7.89. The lowest BCUT2D eigenvalue weighted by Crippen LogP contribution is -2.35. The summed E-state index contributed by atoms with van der Waals surface area (Å²) in [4.78, 5) is 0.347. The first-order chi connectivity index (χ1) is 9.81. The first-order valence-corrected chi connectivity index (χ1v) is 9.17. The van der Waals surface area contributed by atoms with Gasteiger partial charge in [0.1, 0.15) is 0 Å². The maximum Gasteiger partial charge on any atom is 0.241 e. The molecule has 1 saturated carbocycles. The van der Waals surface area contributed by atoms with Crippen LogP contribution in [0.15, 0.2) is 17.0 Å². The molecule has 118 valence electrons. The molecule has 1 fully saturated rings. The summed E-state index contributed by atoms with van der Waals surface area (Å²) in [6.07, 6.45) is 5.20. The summed E-state index contributed by atoms with van der Waals surface area (Å²) in [5.74, 6) is 0.690. The van der Waals surface area contributed by atoms with Crippen LogP contribution in [0.25, 0.3) is 0 Å². The Morgan fingerprint density at radius 2 is 1.86 bits per heavy atom. The van der Waals surface area contributed by atoms with E-state index in [1.807, 2.05) is 6.92 Å². The molecule has 5 heteroatoms. The van der Waals surface area contributed by atoms with Crippen LogP contribution in [0.1, 0.15) is 50.2 Å². The fraction of sp³-hybridized carbons (Fsp3) is 0.625. The highest BCUT2D eigenvalue weighted by Gasteiger charge is 2.25. The number of anilines is 1. The van der Waals surface area contributed by atoms with Crippen molar-refractivity contribution in [3.8, 4) is 0 Å². The Morgan fingerprint density at radius 1 is 1.14 bits per heavy atom. The molecular formula is C16H26N2O2S. The van der Waals surface area contributed by atoms with E-state index >= 15 is 0 Å². The molecule has 0 heterocycles. The van der Waals surface area contributed by atoms with E-state index in [1.54, 1.807) is 19.1 Å². The molecule has 0 radical (unpaired) electrons.